The molecule has 19 N–H and O–H groups in total. The lowest BCUT2D eigenvalue weighted by molar-refractivity contribution is -0.135. The molecule has 6 atom stereocenters. The monoisotopic (exact) mass is 1100 g/mol. The van der Waals surface area contributed by atoms with Gasteiger partial charge in [-0.05, 0) is 59.6 Å². The van der Waals surface area contributed by atoms with Gasteiger partial charge >= 0.3 is 0 Å². The van der Waals surface area contributed by atoms with Crippen LogP contribution in [0.1, 0.15) is 55.2 Å². The van der Waals surface area contributed by atoms with Crippen molar-refractivity contribution in [2.24, 2.45) is 17.2 Å². The first-order chi connectivity index (χ1) is 38.3. The molecule has 0 aliphatic carbocycles. The number of hydrogen-bond acceptors (Lipinski definition) is 12. The largest absolute Gasteiger partial charge is 0.370 e. The highest BCUT2D eigenvalue weighted by atomic mass is 16.2. The molecule has 80 heavy (non-hydrogen) atoms. The molecule has 26 heteroatoms. The summed E-state index contributed by atoms with van der Waals surface area (Å²) in [7, 11) is 0. The molecule has 0 saturated carbocycles. The number of primary amides is 1. The minimum Gasteiger partial charge on any atom is -0.370 e. The molecule has 1 heterocycles. The van der Waals surface area contributed by atoms with Crippen LogP contribution < -0.4 is 75.7 Å². The average molecular weight is 1100 g/mol. The number of guanidine groups is 2. The van der Waals surface area contributed by atoms with Crippen LogP contribution in [0.15, 0.2) is 103 Å². The van der Waals surface area contributed by atoms with E-state index in [4.69, 9.17) is 28.0 Å². The van der Waals surface area contributed by atoms with Crippen molar-refractivity contribution in [2.75, 3.05) is 32.7 Å². The summed E-state index contributed by atoms with van der Waals surface area (Å²) in [6, 6.07) is 21.8. The average Bonchev–Trinajstić information content (AvgIpc) is 3.43. The molecule has 4 aromatic carbocycles. The molecule has 426 valence electrons. The second-order valence-corrected chi connectivity index (χ2v) is 18.9. The first-order valence-corrected chi connectivity index (χ1v) is 26.0. The third-order valence-electron chi connectivity index (χ3n) is 12.6. The molecule has 26 nitrogen and oxygen atoms in total. The second-order valence-electron chi connectivity index (χ2n) is 18.9. The fourth-order valence-electron chi connectivity index (χ4n) is 8.51. The van der Waals surface area contributed by atoms with E-state index in [-0.39, 0.29) is 76.4 Å². The Kier molecular flexibility index (Phi) is 24.2. The van der Waals surface area contributed by atoms with Gasteiger partial charge in [-0.15, -0.1) is 0 Å². The van der Waals surface area contributed by atoms with E-state index in [0.717, 1.165) is 10.8 Å². The van der Waals surface area contributed by atoms with Crippen LogP contribution in [0.4, 0.5) is 0 Å². The Hall–Kier alpha value is -9.62. The van der Waals surface area contributed by atoms with Crippen LogP contribution in [0, 0.1) is 10.8 Å². The number of amides is 10. The van der Waals surface area contributed by atoms with Gasteiger partial charge in [-0.3, -0.25) is 58.8 Å². The third-order valence-corrected chi connectivity index (χ3v) is 12.6. The van der Waals surface area contributed by atoms with Gasteiger partial charge in [0, 0.05) is 38.8 Å². The Morgan fingerprint density at radius 1 is 0.425 bits per heavy atom. The minimum atomic E-state index is -1.51. The number of nitrogens with one attached hydrogen (secondary N) is 13. The van der Waals surface area contributed by atoms with Gasteiger partial charge in [0.1, 0.15) is 36.3 Å². The van der Waals surface area contributed by atoms with Crippen LogP contribution in [-0.2, 0) is 67.2 Å². The molecule has 10 amide bonds. The van der Waals surface area contributed by atoms with E-state index in [1.54, 1.807) is 66.7 Å². The molecule has 0 bridgehead atoms. The lowest BCUT2D eigenvalue weighted by Crippen LogP contribution is -2.60. The van der Waals surface area contributed by atoms with Crippen molar-refractivity contribution in [3.63, 3.8) is 0 Å². The SMILES string of the molecule is N=C(N)NCCC[C@H]1NC(=O)CNC(=O)[C@H](Cc2ccc3ccccc3c2)NC(=O)[C@@H](Cc2ccccc2)NC(=O)[C@H](Cc2ccccc2)NC(=O)[C@H](CCC(N)=O)NC(=O)CNC(=O)[C@@H](CCCNC(=N)N)NC(=O)CNC1=O. The molecule has 4 aromatic rings. The van der Waals surface area contributed by atoms with Crippen molar-refractivity contribution < 1.29 is 47.9 Å². The molecule has 1 saturated heterocycles. The van der Waals surface area contributed by atoms with E-state index in [9.17, 15) is 47.9 Å². The number of hydrogen-bond donors (Lipinski definition) is 16. The zero-order valence-corrected chi connectivity index (χ0v) is 44.0. The third kappa shape index (κ3) is 21.4. The zero-order chi connectivity index (χ0) is 58.0. The van der Waals surface area contributed by atoms with Gasteiger partial charge in [0.05, 0.1) is 19.6 Å². The second kappa shape index (κ2) is 31.6. The molecule has 0 radical (unpaired) electrons. The Morgan fingerprint density at radius 2 is 0.787 bits per heavy atom. The number of fused-ring (bicyclic) bond motifs is 1. The normalized spacial score (nSPS) is 20.6. The number of carbonyl (C=O) groups is 10. The predicted octanol–water partition coefficient (Wildman–Crippen LogP) is -3.07. The number of benzene rings is 4. The van der Waals surface area contributed by atoms with Crippen LogP contribution >= 0.6 is 0 Å². The standard InChI is InChI=1S/C54H70N16O10/c55-43(71)22-21-39-50(78)69-41(26-32-11-3-1-4-12-32)52(80)70-42(27-33-13-5-2-6-14-33)51(79)68-40(28-34-19-20-35-15-7-8-16-36(35)25-34)49(77)64-31-45(73)66-38(18-10-24-61-54(58)59)47(75)62-29-44(72)65-37(17-9-23-60-53(56)57)48(76)63-30-46(74)67-39/h1-8,11-16,19-20,25,37-42H,9-10,17-18,21-24,26-31H2,(H2,55,71)(H,62,75)(H,63,76)(H,64,77)(H,65,72)(H,66,73)(H,67,74)(H,68,79)(H,69,78)(H,70,80)(H4,56,57,60)(H4,58,59,61)/t37-,38-,39+,40+,41+,42-/m1/s1. The van der Waals surface area contributed by atoms with Gasteiger partial charge in [-0.1, -0.05) is 103 Å². The van der Waals surface area contributed by atoms with Crippen LogP contribution in [-0.4, -0.2) is 140 Å². The van der Waals surface area contributed by atoms with Crippen molar-refractivity contribution in [3.8, 4) is 0 Å². The summed E-state index contributed by atoms with van der Waals surface area (Å²) >= 11 is 0. The first kappa shape index (κ1) is 61.2. The highest BCUT2D eigenvalue weighted by molar-refractivity contribution is 5.98. The maximum absolute atomic E-state index is 14.7. The summed E-state index contributed by atoms with van der Waals surface area (Å²) in [5.41, 5.74) is 18.1. The van der Waals surface area contributed by atoms with E-state index < -0.39 is 121 Å². The molecule has 0 aromatic heterocycles. The quantitative estimate of drug-likeness (QED) is 0.0284. The Bertz CT molecular complexity index is 2860. The molecule has 0 unspecified atom stereocenters. The van der Waals surface area contributed by atoms with Crippen LogP contribution in [0.3, 0.4) is 0 Å². The van der Waals surface area contributed by atoms with Gasteiger partial charge in [-0.25, -0.2) is 0 Å². The number of carbonyl (C=O) groups excluding carboxylic acids is 10. The molecule has 1 fully saturated rings. The highest BCUT2D eigenvalue weighted by Gasteiger charge is 2.33. The lowest BCUT2D eigenvalue weighted by atomic mass is 9.99. The first-order valence-electron chi connectivity index (χ1n) is 26.0. The molecular formula is C54H70N16O10. The van der Waals surface area contributed by atoms with E-state index in [1.807, 2.05) is 36.4 Å². The predicted molar refractivity (Wildman–Crippen MR) is 295 cm³/mol. The molecule has 1 aliphatic rings. The summed E-state index contributed by atoms with van der Waals surface area (Å²) in [5.74, 6) is -9.25. The van der Waals surface area contributed by atoms with Crippen molar-refractivity contribution >= 4 is 81.8 Å². The maximum Gasteiger partial charge on any atom is 0.243 e. The van der Waals surface area contributed by atoms with Gasteiger partial charge in [0.15, 0.2) is 11.9 Å². The molecular weight excluding hydrogens is 1030 g/mol. The fraction of sp³-hybridized carbons (Fsp3) is 0.370. The van der Waals surface area contributed by atoms with Crippen molar-refractivity contribution in [3.05, 3.63) is 120 Å². The van der Waals surface area contributed by atoms with E-state index >= 15 is 0 Å². The van der Waals surface area contributed by atoms with Crippen LogP contribution in [0.2, 0.25) is 0 Å². The molecule has 0 spiro atoms. The van der Waals surface area contributed by atoms with E-state index in [1.165, 1.54) is 0 Å². The molecule has 1 aliphatic heterocycles. The summed E-state index contributed by atoms with van der Waals surface area (Å²) in [5, 5.41) is 45.0. The van der Waals surface area contributed by atoms with Crippen LogP contribution in [0.5, 0.6) is 0 Å². The Morgan fingerprint density at radius 3 is 1.21 bits per heavy atom. The van der Waals surface area contributed by atoms with Gasteiger partial charge < -0.3 is 75.7 Å². The van der Waals surface area contributed by atoms with E-state index in [2.05, 4.69) is 58.5 Å². The Labute approximate surface area is 461 Å². The minimum absolute atomic E-state index is 0.0461. The van der Waals surface area contributed by atoms with E-state index in [0.29, 0.717) is 16.7 Å². The maximum atomic E-state index is 14.7. The summed E-state index contributed by atoms with van der Waals surface area (Å²) < 4.78 is 0. The molecule has 5 rings (SSSR count). The smallest absolute Gasteiger partial charge is 0.243 e. The van der Waals surface area contributed by atoms with Gasteiger partial charge in [-0.2, -0.15) is 0 Å². The summed E-state index contributed by atoms with van der Waals surface area (Å²) in [6.45, 7) is -1.92. The topological polar surface area (TPSA) is 429 Å². The number of rotatable bonds is 17. The van der Waals surface area contributed by atoms with Gasteiger partial charge in [0.25, 0.3) is 0 Å². The van der Waals surface area contributed by atoms with Crippen molar-refractivity contribution in [2.45, 2.75) is 94.0 Å². The fourth-order valence-corrected chi connectivity index (χ4v) is 8.51. The summed E-state index contributed by atoms with van der Waals surface area (Å²) in [6.07, 6.45) is -0.835. The Balaban J connectivity index is 1.53. The van der Waals surface area contributed by atoms with Crippen molar-refractivity contribution in [1.29, 1.82) is 10.8 Å². The highest BCUT2D eigenvalue weighted by Crippen LogP contribution is 2.18. The lowest BCUT2D eigenvalue weighted by Gasteiger charge is -2.27. The van der Waals surface area contributed by atoms with Crippen LogP contribution in [0.25, 0.3) is 10.8 Å². The van der Waals surface area contributed by atoms with Crippen molar-refractivity contribution in [1.82, 2.24) is 58.5 Å². The summed E-state index contributed by atoms with van der Waals surface area (Å²) in [4.78, 5) is 138. The number of nitrogens with two attached hydrogens (primary N) is 3. The zero-order valence-electron chi connectivity index (χ0n) is 44.0. The van der Waals surface area contributed by atoms with Gasteiger partial charge in [0.2, 0.25) is 59.1 Å².